The third-order valence-electron chi connectivity index (χ3n) is 2.77. The van der Waals surface area contributed by atoms with Crippen LogP contribution >= 0.6 is 0 Å². The zero-order chi connectivity index (χ0) is 13.7. The van der Waals surface area contributed by atoms with Gasteiger partial charge in [-0.2, -0.15) is 0 Å². The van der Waals surface area contributed by atoms with Crippen molar-refractivity contribution in [3.05, 3.63) is 0 Å². The normalized spacial score (nSPS) is 14.1. The van der Waals surface area contributed by atoms with Gasteiger partial charge in [-0.15, -0.1) is 0 Å². The summed E-state index contributed by atoms with van der Waals surface area (Å²) in [5.41, 5.74) is 0.483. The molecule has 104 valence electrons. The van der Waals surface area contributed by atoms with Crippen molar-refractivity contribution in [2.45, 2.75) is 66.9 Å². The molecule has 0 unspecified atom stereocenters. The summed E-state index contributed by atoms with van der Waals surface area (Å²) in [6.45, 7) is 17.3. The van der Waals surface area contributed by atoms with Crippen LogP contribution in [-0.4, -0.2) is 25.9 Å². The molecule has 0 bridgehead atoms. The Kier molecular flexibility index (Phi) is 6.16. The fourth-order valence-corrected chi connectivity index (χ4v) is 2.30. The van der Waals surface area contributed by atoms with E-state index < -0.39 is 0 Å². The zero-order valence-electron chi connectivity index (χ0n) is 13.1. The van der Waals surface area contributed by atoms with E-state index in [4.69, 9.17) is 9.47 Å². The van der Waals surface area contributed by atoms with Gasteiger partial charge in [-0.1, -0.05) is 34.6 Å². The molecule has 0 aliphatic carbocycles. The van der Waals surface area contributed by atoms with Gasteiger partial charge in [0.2, 0.25) is 0 Å². The van der Waals surface area contributed by atoms with E-state index in [0.717, 1.165) is 19.6 Å². The Morgan fingerprint density at radius 3 is 1.82 bits per heavy atom. The van der Waals surface area contributed by atoms with Crippen LogP contribution in [0.5, 0.6) is 0 Å². The first-order valence-corrected chi connectivity index (χ1v) is 6.60. The van der Waals surface area contributed by atoms with Crippen LogP contribution in [0.15, 0.2) is 0 Å². The summed E-state index contributed by atoms with van der Waals surface area (Å²) in [4.78, 5) is 0. The summed E-state index contributed by atoms with van der Waals surface area (Å²) < 4.78 is 11.2. The highest BCUT2D eigenvalue weighted by Gasteiger charge is 2.28. The molecular weight excluding hydrogens is 212 g/mol. The summed E-state index contributed by atoms with van der Waals surface area (Å²) in [6, 6.07) is 0. The summed E-state index contributed by atoms with van der Waals surface area (Å²) in [6.07, 6.45) is 2.11. The van der Waals surface area contributed by atoms with Crippen molar-refractivity contribution in [2.75, 3.05) is 20.3 Å². The molecule has 17 heavy (non-hydrogen) atoms. The highest BCUT2D eigenvalue weighted by atomic mass is 16.5. The number of methoxy groups -OCH3 is 1. The van der Waals surface area contributed by atoms with Crippen LogP contribution in [0.25, 0.3) is 0 Å². The van der Waals surface area contributed by atoms with Crippen LogP contribution in [0.4, 0.5) is 0 Å². The zero-order valence-corrected chi connectivity index (χ0v) is 13.1. The second-order valence-electron chi connectivity index (χ2n) is 7.69. The van der Waals surface area contributed by atoms with Crippen LogP contribution in [0.2, 0.25) is 0 Å². The van der Waals surface area contributed by atoms with Crippen molar-refractivity contribution in [1.82, 2.24) is 0 Å². The minimum Gasteiger partial charge on any atom is -0.385 e. The van der Waals surface area contributed by atoms with Gasteiger partial charge in [-0.05, 0) is 37.5 Å². The van der Waals surface area contributed by atoms with Crippen LogP contribution < -0.4 is 0 Å². The largest absolute Gasteiger partial charge is 0.385 e. The van der Waals surface area contributed by atoms with Gasteiger partial charge in [0.05, 0.1) is 12.2 Å². The van der Waals surface area contributed by atoms with Gasteiger partial charge in [0, 0.05) is 13.7 Å². The number of hydrogen-bond acceptors (Lipinski definition) is 2. The summed E-state index contributed by atoms with van der Waals surface area (Å²) >= 11 is 0. The maximum absolute atomic E-state index is 6.06. The average Bonchev–Trinajstić information content (AvgIpc) is 2.08. The molecule has 0 saturated heterocycles. The molecule has 0 radical (unpaired) electrons. The number of ether oxygens (including phenoxy) is 2. The van der Waals surface area contributed by atoms with Gasteiger partial charge in [-0.25, -0.2) is 0 Å². The molecule has 0 amide bonds. The first-order chi connectivity index (χ1) is 7.47. The fourth-order valence-electron chi connectivity index (χ4n) is 2.30. The minimum absolute atomic E-state index is 0.0921. The Balaban J connectivity index is 4.16. The quantitative estimate of drug-likeness (QED) is 0.665. The van der Waals surface area contributed by atoms with Crippen LogP contribution in [0.1, 0.15) is 61.3 Å². The Labute approximate surface area is 108 Å². The van der Waals surface area contributed by atoms with Crippen molar-refractivity contribution >= 4 is 0 Å². The molecule has 2 nitrogen and oxygen atoms in total. The first-order valence-electron chi connectivity index (χ1n) is 6.60. The van der Waals surface area contributed by atoms with E-state index in [-0.39, 0.29) is 11.0 Å². The van der Waals surface area contributed by atoms with E-state index in [0.29, 0.717) is 5.41 Å². The molecule has 0 atom stereocenters. The molecule has 0 aliphatic rings. The lowest BCUT2D eigenvalue weighted by molar-refractivity contribution is -0.0751. The minimum atomic E-state index is -0.0921. The highest BCUT2D eigenvalue weighted by molar-refractivity contribution is 4.78. The molecule has 0 aromatic rings. The summed E-state index contributed by atoms with van der Waals surface area (Å²) in [7, 11) is 1.74. The van der Waals surface area contributed by atoms with E-state index in [2.05, 4.69) is 48.5 Å². The predicted octanol–water partition coefficient (Wildman–Crippen LogP) is 4.28. The van der Waals surface area contributed by atoms with E-state index in [1.54, 1.807) is 7.11 Å². The van der Waals surface area contributed by atoms with Gasteiger partial charge in [0.25, 0.3) is 0 Å². The smallest absolute Gasteiger partial charge is 0.0648 e. The molecule has 0 N–H and O–H groups in total. The molecule has 0 aliphatic heterocycles. The maximum Gasteiger partial charge on any atom is 0.0648 e. The average molecular weight is 244 g/mol. The number of hydrogen-bond donors (Lipinski definition) is 0. The first kappa shape index (κ1) is 16.9. The van der Waals surface area contributed by atoms with Crippen molar-refractivity contribution in [3.63, 3.8) is 0 Å². The van der Waals surface area contributed by atoms with E-state index >= 15 is 0 Å². The predicted molar refractivity (Wildman–Crippen MR) is 74.4 cm³/mol. The Morgan fingerprint density at radius 1 is 0.882 bits per heavy atom. The molecule has 0 heterocycles. The fraction of sp³-hybridized carbons (Fsp3) is 1.00. The molecule has 0 fully saturated rings. The van der Waals surface area contributed by atoms with Gasteiger partial charge in [-0.3, -0.25) is 0 Å². The van der Waals surface area contributed by atoms with Crippen LogP contribution in [0.3, 0.4) is 0 Å². The lowest BCUT2D eigenvalue weighted by atomic mass is 9.77. The molecule has 0 aromatic heterocycles. The van der Waals surface area contributed by atoms with Crippen LogP contribution in [-0.2, 0) is 9.47 Å². The van der Waals surface area contributed by atoms with Gasteiger partial charge in [0.1, 0.15) is 0 Å². The van der Waals surface area contributed by atoms with E-state index in [1.807, 2.05) is 0 Å². The Bertz CT molecular complexity index is 211. The monoisotopic (exact) mass is 244 g/mol. The molecular formula is C15H32O2. The summed E-state index contributed by atoms with van der Waals surface area (Å²) in [5.74, 6) is 0. The summed E-state index contributed by atoms with van der Waals surface area (Å²) in [5, 5.41) is 0. The standard InChI is InChI=1S/C15H32O2/c1-13(2,3)11-14(4,5)12-17-15(6,7)9-10-16-8/h9-12H2,1-8H3. The van der Waals surface area contributed by atoms with E-state index in [1.165, 1.54) is 6.42 Å². The SMILES string of the molecule is COCCC(C)(C)OCC(C)(C)CC(C)(C)C. The van der Waals surface area contributed by atoms with Gasteiger partial charge >= 0.3 is 0 Å². The molecule has 2 heteroatoms. The Morgan fingerprint density at radius 2 is 1.41 bits per heavy atom. The third kappa shape index (κ3) is 9.61. The molecule has 0 rings (SSSR count). The van der Waals surface area contributed by atoms with Crippen molar-refractivity contribution < 1.29 is 9.47 Å². The maximum atomic E-state index is 6.06. The Hall–Kier alpha value is -0.0800. The molecule has 0 aromatic carbocycles. The van der Waals surface area contributed by atoms with Crippen molar-refractivity contribution in [1.29, 1.82) is 0 Å². The highest BCUT2D eigenvalue weighted by Crippen LogP contribution is 2.34. The van der Waals surface area contributed by atoms with Gasteiger partial charge < -0.3 is 9.47 Å². The second-order valence-corrected chi connectivity index (χ2v) is 7.69. The van der Waals surface area contributed by atoms with Crippen molar-refractivity contribution in [2.24, 2.45) is 10.8 Å². The molecule has 0 saturated carbocycles. The number of rotatable bonds is 7. The van der Waals surface area contributed by atoms with Crippen molar-refractivity contribution in [3.8, 4) is 0 Å². The van der Waals surface area contributed by atoms with E-state index in [9.17, 15) is 0 Å². The molecule has 0 spiro atoms. The lowest BCUT2D eigenvalue weighted by Crippen LogP contribution is -2.33. The third-order valence-corrected chi connectivity index (χ3v) is 2.77. The topological polar surface area (TPSA) is 18.5 Å². The second kappa shape index (κ2) is 6.19. The van der Waals surface area contributed by atoms with Gasteiger partial charge in [0.15, 0.2) is 0 Å². The lowest BCUT2D eigenvalue weighted by Gasteiger charge is -2.35. The van der Waals surface area contributed by atoms with Crippen LogP contribution in [0, 0.1) is 10.8 Å².